The van der Waals surface area contributed by atoms with Gasteiger partial charge in [-0.1, -0.05) is 25.4 Å². The molecule has 0 saturated carbocycles. The van der Waals surface area contributed by atoms with Crippen LogP contribution in [0, 0.1) is 0 Å². The Morgan fingerprint density at radius 2 is 1.73 bits per heavy atom. The van der Waals surface area contributed by atoms with E-state index in [1.165, 1.54) is 0 Å². The highest BCUT2D eigenvalue weighted by atomic mass is 35.5. The smallest absolute Gasteiger partial charge is 0.289 e. The highest BCUT2D eigenvalue weighted by molar-refractivity contribution is 7.91. The van der Waals surface area contributed by atoms with Gasteiger partial charge in [0.15, 0.2) is 15.6 Å². The van der Waals surface area contributed by atoms with Gasteiger partial charge in [0.1, 0.15) is 17.4 Å². The van der Waals surface area contributed by atoms with E-state index in [1.54, 1.807) is 11.0 Å². The number of halogens is 1. The molecule has 1 aromatic heterocycles. The van der Waals surface area contributed by atoms with E-state index in [0.29, 0.717) is 22.4 Å². The maximum Gasteiger partial charge on any atom is 0.289 e. The molecule has 33 heavy (non-hydrogen) atoms. The van der Waals surface area contributed by atoms with Crippen molar-refractivity contribution >= 4 is 38.3 Å². The SMILES string of the molecule is CC(C)c1c(C(=O)N2CCS(=O)(=O)CC2)oc2cc(OC3CCN(C(C)C)CC3)c(Cl)cc12. The predicted molar refractivity (Wildman–Crippen MR) is 130 cm³/mol. The van der Waals surface area contributed by atoms with Gasteiger partial charge >= 0.3 is 0 Å². The van der Waals surface area contributed by atoms with Crippen molar-refractivity contribution in [1.82, 2.24) is 9.80 Å². The Kier molecular flexibility index (Phi) is 6.99. The molecule has 1 amide bonds. The van der Waals surface area contributed by atoms with Crippen molar-refractivity contribution in [1.29, 1.82) is 0 Å². The Balaban J connectivity index is 1.60. The summed E-state index contributed by atoms with van der Waals surface area (Å²) in [5.74, 6) is 0.550. The fourth-order valence-electron chi connectivity index (χ4n) is 4.69. The van der Waals surface area contributed by atoms with Crippen molar-refractivity contribution < 1.29 is 22.4 Å². The summed E-state index contributed by atoms with van der Waals surface area (Å²) < 4.78 is 35.9. The zero-order valence-electron chi connectivity index (χ0n) is 19.8. The van der Waals surface area contributed by atoms with E-state index < -0.39 is 9.84 Å². The zero-order chi connectivity index (χ0) is 23.9. The number of furan rings is 1. The molecule has 1 aromatic carbocycles. The van der Waals surface area contributed by atoms with Crippen LogP contribution < -0.4 is 4.74 Å². The normalized spacial score (nSPS) is 20.2. The lowest BCUT2D eigenvalue weighted by atomic mass is 9.98. The van der Waals surface area contributed by atoms with Gasteiger partial charge in [0.2, 0.25) is 0 Å². The van der Waals surface area contributed by atoms with Crippen LogP contribution in [0.1, 0.15) is 62.6 Å². The van der Waals surface area contributed by atoms with E-state index >= 15 is 0 Å². The van der Waals surface area contributed by atoms with Gasteiger partial charge in [-0.2, -0.15) is 0 Å². The lowest BCUT2D eigenvalue weighted by molar-refractivity contribution is 0.0738. The average Bonchev–Trinajstić information content (AvgIpc) is 3.12. The number of amides is 1. The molecular weight excluding hydrogens is 464 g/mol. The number of carbonyl (C=O) groups is 1. The second-order valence-electron chi connectivity index (χ2n) is 9.67. The van der Waals surface area contributed by atoms with Crippen LogP contribution in [0.2, 0.25) is 5.02 Å². The molecule has 0 bridgehead atoms. The van der Waals surface area contributed by atoms with Crippen molar-refractivity contribution in [3.63, 3.8) is 0 Å². The first-order valence-electron chi connectivity index (χ1n) is 11.7. The Morgan fingerprint density at radius 3 is 2.30 bits per heavy atom. The van der Waals surface area contributed by atoms with Gasteiger partial charge in [-0.05, 0) is 38.7 Å². The molecule has 0 atom stereocenters. The third-order valence-electron chi connectivity index (χ3n) is 6.68. The van der Waals surface area contributed by atoms with Crippen molar-refractivity contribution in [3.8, 4) is 5.75 Å². The number of rotatable bonds is 5. The van der Waals surface area contributed by atoms with E-state index in [1.807, 2.05) is 19.9 Å². The van der Waals surface area contributed by atoms with Gasteiger partial charge in [-0.25, -0.2) is 8.42 Å². The second kappa shape index (κ2) is 9.47. The van der Waals surface area contributed by atoms with Crippen LogP contribution in [-0.2, 0) is 9.84 Å². The Hall–Kier alpha value is -1.77. The number of likely N-dealkylation sites (tertiary alicyclic amines) is 1. The van der Waals surface area contributed by atoms with Crippen molar-refractivity contribution in [2.45, 2.75) is 58.6 Å². The minimum atomic E-state index is -3.08. The number of carbonyl (C=O) groups excluding carboxylic acids is 1. The van der Waals surface area contributed by atoms with Crippen LogP contribution >= 0.6 is 11.6 Å². The molecule has 2 saturated heterocycles. The van der Waals surface area contributed by atoms with Crippen LogP contribution in [0.5, 0.6) is 5.75 Å². The standard InChI is InChI=1S/C24H33ClN2O5S/c1-15(2)22-18-13-19(25)21(31-17-5-7-26(8-6-17)16(3)4)14-20(18)32-23(22)24(28)27-9-11-33(29,30)12-10-27/h13-17H,5-12H2,1-4H3. The first-order chi connectivity index (χ1) is 15.6. The molecule has 2 aliphatic rings. The summed E-state index contributed by atoms with van der Waals surface area (Å²) in [4.78, 5) is 17.2. The summed E-state index contributed by atoms with van der Waals surface area (Å²) in [6.45, 7) is 10.8. The molecular formula is C24H33ClN2O5S. The van der Waals surface area contributed by atoms with Gasteiger partial charge in [-0.3, -0.25) is 4.79 Å². The Labute approximate surface area is 200 Å². The van der Waals surface area contributed by atoms with Crippen LogP contribution in [0.4, 0.5) is 0 Å². The molecule has 9 heteroatoms. The molecule has 7 nitrogen and oxygen atoms in total. The number of piperidine rings is 1. The van der Waals surface area contributed by atoms with Crippen LogP contribution in [-0.4, -0.2) is 74.0 Å². The average molecular weight is 497 g/mol. The maximum absolute atomic E-state index is 13.2. The number of ether oxygens (including phenoxy) is 1. The lowest BCUT2D eigenvalue weighted by Gasteiger charge is -2.34. The molecule has 0 aliphatic carbocycles. The number of nitrogens with zero attached hydrogens (tertiary/aromatic N) is 2. The van der Waals surface area contributed by atoms with Gasteiger partial charge in [0, 0.05) is 49.2 Å². The molecule has 182 valence electrons. The molecule has 0 radical (unpaired) electrons. The fraction of sp³-hybridized carbons (Fsp3) is 0.625. The number of hydrogen-bond acceptors (Lipinski definition) is 6. The highest BCUT2D eigenvalue weighted by Crippen LogP contribution is 2.39. The molecule has 3 heterocycles. The van der Waals surface area contributed by atoms with Crippen molar-refractivity contribution in [3.05, 3.63) is 28.5 Å². The minimum absolute atomic E-state index is 0.0184. The van der Waals surface area contributed by atoms with E-state index in [4.69, 9.17) is 20.8 Å². The topological polar surface area (TPSA) is 80.1 Å². The zero-order valence-corrected chi connectivity index (χ0v) is 21.3. The first kappa shape index (κ1) is 24.4. The lowest BCUT2D eigenvalue weighted by Crippen LogP contribution is -2.43. The van der Waals surface area contributed by atoms with E-state index in [0.717, 1.165) is 36.9 Å². The fourth-order valence-corrected chi connectivity index (χ4v) is 6.10. The van der Waals surface area contributed by atoms with Crippen LogP contribution in [0.25, 0.3) is 11.0 Å². The summed E-state index contributed by atoms with van der Waals surface area (Å²) in [6, 6.07) is 4.14. The van der Waals surface area contributed by atoms with Crippen molar-refractivity contribution in [2.75, 3.05) is 37.7 Å². The molecule has 2 aliphatic heterocycles. The molecule has 2 fully saturated rings. The third kappa shape index (κ3) is 5.17. The monoisotopic (exact) mass is 496 g/mol. The number of sulfone groups is 1. The molecule has 0 spiro atoms. The summed E-state index contributed by atoms with van der Waals surface area (Å²) in [7, 11) is -3.08. The molecule has 4 rings (SSSR count). The molecule has 2 aromatic rings. The van der Waals surface area contributed by atoms with Gasteiger partial charge in [0.05, 0.1) is 16.5 Å². The quantitative estimate of drug-likeness (QED) is 0.612. The van der Waals surface area contributed by atoms with Crippen molar-refractivity contribution in [2.24, 2.45) is 0 Å². The van der Waals surface area contributed by atoms with E-state index in [-0.39, 0.29) is 48.3 Å². The van der Waals surface area contributed by atoms with Gasteiger partial charge in [-0.15, -0.1) is 0 Å². The number of fused-ring (bicyclic) bond motifs is 1. The largest absolute Gasteiger partial charge is 0.489 e. The van der Waals surface area contributed by atoms with Crippen LogP contribution in [0.15, 0.2) is 16.5 Å². The van der Waals surface area contributed by atoms with Gasteiger partial charge < -0.3 is 19.0 Å². The van der Waals surface area contributed by atoms with Crippen LogP contribution in [0.3, 0.4) is 0 Å². The Morgan fingerprint density at radius 1 is 1.09 bits per heavy atom. The van der Waals surface area contributed by atoms with E-state index in [2.05, 4.69) is 18.7 Å². The summed E-state index contributed by atoms with van der Waals surface area (Å²) in [5, 5.41) is 1.30. The summed E-state index contributed by atoms with van der Waals surface area (Å²) in [5.41, 5.74) is 1.35. The maximum atomic E-state index is 13.2. The third-order valence-corrected chi connectivity index (χ3v) is 8.59. The minimum Gasteiger partial charge on any atom is -0.489 e. The summed E-state index contributed by atoms with van der Waals surface area (Å²) >= 11 is 6.61. The number of hydrogen-bond donors (Lipinski definition) is 0. The molecule has 0 unspecified atom stereocenters. The van der Waals surface area contributed by atoms with Gasteiger partial charge in [0.25, 0.3) is 5.91 Å². The first-order valence-corrected chi connectivity index (χ1v) is 13.9. The molecule has 0 N–H and O–H groups in total. The van der Waals surface area contributed by atoms with E-state index in [9.17, 15) is 13.2 Å². The highest BCUT2D eigenvalue weighted by Gasteiger charge is 2.31. The Bertz CT molecular complexity index is 1120. The summed E-state index contributed by atoms with van der Waals surface area (Å²) in [6.07, 6.45) is 1.96. The number of benzene rings is 1. The predicted octanol–water partition coefficient (Wildman–Crippen LogP) is 4.33. The second-order valence-corrected chi connectivity index (χ2v) is 12.4.